The van der Waals surface area contributed by atoms with Crippen LogP contribution in [0.4, 0.5) is 34.1 Å². The number of aromatic carboxylic acids is 2. The summed E-state index contributed by atoms with van der Waals surface area (Å²) >= 11 is 0. The van der Waals surface area contributed by atoms with Crippen molar-refractivity contribution in [3.05, 3.63) is 65.7 Å². The highest BCUT2D eigenvalue weighted by atomic mass is 32.2. The van der Waals surface area contributed by atoms with E-state index in [1.54, 1.807) is 0 Å². The molecule has 1 aromatic heterocycles. The number of phenolic OH excluding ortho intramolecular Hbond substituents is 2. The lowest BCUT2D eigenvalue weighted by atomic mass is 10.1. The van der Waals surface area contributed by atoms with E-state index in [4.69, 9.17) is 9.47 Å². The summed E-state index contributed by atoms with van der Waals surface area (Å²) in [5.74, 6) is -7.00. The van der Waals surface area contributed by atoms with Crippen molar-refractivity contribution in [3.63, 3.8) is 0 Å². The molecule has 0 aliphatic carbocycles. The topological polar surface area (TPSA) is 370 Å². The predicted molar refractivity (Wildman–Crippen MR) is 187 cm³/mol. The van der Waals surface area contributed by atoms with Gasteiger partial charge < -0.3 is 40.1 Å². The van der Waals surface area contributed by atoms with Gasteiger partial charge in [0.1, 0.15) is 44.9 Å². The molecule has 56 heavy (non-hydrogen) atoms. The molecule has 8 N–H and O–H groups in total. The van der Waals surface area contributed by atoms with Gasteiger partial charge in [0.2, 0.25) is 11.8 Å². The maximum absolute atomic E-state index is 12.3. The lowest BCUT2D eigenvalue weighted by Crippen LogP contribution is -2.01. The van der Waals surface area contributed by atoms with Gasteiger partial charge in [0.25, 0.3) is 20.2 Å². The van der Waals surface area contributed by atoms with E-state index in [0.717, 1.165) is 18.2 Å². The Kier molecular flexibility index (Phi) is 10.8. The van der Waals surface area contributed by atoms with Crippen molar-refractivity contribution < 1.29 is 75.6 Å². The van der Waals surface area contributed by atoms with Gasteiger partial charge in [0.05, 0.1) is 41.3 Å². The van der Waals surface area contributed by atoms with Gasteiger partial charge in [-0.25, -0.2) is 9.59 Å². The molecule has 25 heteroatoms. The monoisotopic (exact) mass is 813 g/mol. The number of pyridine rings is 1. The quantitative estimate of drug-likeness (QED) is 0.0512. The van der Waals surface area contributed by atoms with Crippen molar-refractivity contribution in [2.24, 2.45) is 30.7 Å². The van der Waals surface area contributed by atoms with Crippen molar-refractivity contribution in [1.29, 1.82) is 0 Å². The lowest BCUT2D eigenvalue weighted by Gasteiger charge is -2.12. The van der Waals surface area contributed by atoms with Crippen molar-refractivity contribution >= 4 is 77.1 Å². The van der Waals surface area contributed by atoms with E-state index in [1.807, 2.05) is 0 Å². The number of nitrogens with zero attached hydrogens (tertiary/aromatic N) is 7. The van der Waals surface area contributed by atoms with E-state index in [0.29, 0.717) is 12.1 Å². The summed E-state index contributed by atoms with van der Waals surface area (Å²) in [7, 11) is -7.71. The van der Waals surface area contributed by atoms with Gasteiger partial charge in [-0.15, -0.1) is 25.6 Å². The van der Waals surface area contributed by atoms with Crippen molar-refractivity contribution in [1.82, 2.24) is 4.98 Å². The Hall–Kier alpha value is -7.35. The van der Waals surface area contributed by atoms with Crippen LogP contribution in [0.15, 0.2) is 95.1 Å². The van der Waals surface area contributed by atoms with Crippen LogP contribution in [0.2, 0.25) is 0 Å². The Morgan fingerprint density at radius 3 is 1.77 bits per heavy atom. The molecule has 0 saturated carbocycles. The van der Waals surface area contributed by atoms with E-state index >= 15 is 0 Å². The summed E-state index contributed by atoms with van der Waals surface area (Å²) in [6.07, 6.45) is 0. The lowest BCUT2D eigenvalue weighted by molar-refractivity contribution is 0.0686. The van der Waals surface area contributed by atoms with E-state index < -0.39 is 98.5 Å². The number of carboxylic acids is 2. The van der Waals surface area contributed by atoms with Gasteiger partial charge in [0.15, 0.2) is 11.4 Å². The minimum Gasteiger partial charge on any atom is -0.507 e. The van der Waals surface area contributed by atoms with Gasteiger partial charge in [-0.1, -0.05) is 0 Å². The third kappa shape index (κ3) is 8.24. The molecule has 5 rings (SSSR count). The van der Waals surface area contributed by atoms with E-state index in [-0.39, 0.29) is 34.2 Å². The van der Waals surface area contributed by atoms with E-state index in [1.165, 1.54) is 38.5 Å². The molecule has 0 saturated heterocycles. The number of hydrogen-bond donors (Lipinski definition) is 8. The molecule has 0 atom stereocenters. The number of carbonyl (C=O) groups is 2. The van der Waals surface area contributed by atoms with Crippen molar-refractivity contribution in [3.8, 4) is 34.8 Å². The smallest absolute Gasteiger partial charge is 0.338 e. The number of benzene rings is 4. The fourth-order valence-corrected chi connectivity index (χ4v) is 6.03. The van der Waals surface area contributed by atoms with Crippen LogP contribution in [0.3, 0.4) is 0 Å². The van der Waals surface area contributed by atoms with Gasteiger partial charge in [-0.3, -0.25) is 9.11 Å². The number of phenols is 2. The Labute approximate surface area is 312 Å². The van der Waals surface area contributed by atoms with E-state index in [9.17, 15) is 66.2 Å². The summed E-state index contributed by atoms with van der Waals surface area (Å²) in [5.41, 5.74) is -3.26. The van der Waals surface area contributed by atoms with E-state index in [2.05, 4.69) is 35.7 Å². The minimum atomic E-state index is -5.20. The molecule has 23 nitrogen and oxygen atoms in total. The summed E-state index contributed by atoms with van der Waals surface area (Å²) in [5, 5.41) is 82.0. The number of hydrogen-bond acceptors (Lipinski definition) is 19. The van der Waals surface area contributed by atoms with Crippen LogP contribution in [-0.4, -0.2) is 87.7 Å². The second kappa shape index (κ2) is 15.2. The molecular weight excluding hydrogens is 791 g/mol. The molecule has 0 spiro atoms. The highest BCUT2D eigenvalue weighted by molar-refractivity contribution is 7.86. The zero-order chi connectivity index (χ0) is 41.3. The van der Waals surface area contributed by atoms with Crippen LogP contribution in [0, 0.1) is 0 Å². The Bertz CT molecular complexity index is 2790. The number of carboxylic acid groups (broad SMARTS) is 2. The standard InChI is InChI=1S/C31H23N7O16S2/c1-53-21-11-19(36-38-27-23(56(50,51)52)6-12-5-14(55(47,48)49)8-20(39)25(12)28(27)41)22(54-2)10-18(21)35-34-17-4-3-13(7-15(17)30(43)44)33-37-26-16(31(45)46)9-24(40)32-29(26)42/h3-11,39,41H,1-2H3,(H,43,44)(H,45,46)(H2,32,40,42)(H,47,48,49)(H,50,51,52). The minimum absolute atomic E-state index is 0.0772. The van der Waals surface area contributed by atoms with Gasteiger partial charge in [-0.2, -0.15) is 26.9 Å². The molecule has 0 radical (unpaired) electrons. The fraction of sp³-hybridized carbons (Fsp3) is 0.0645. The number of fused-ring (bicyclic) bond motifs is 1. The first-order chi connectivity index (χ1) is 26.2. The summed E-state index contributed by atoms with van der Waals surface area (Å²) in [4.78, 5) is 25.0. The molecular formula is C31H23N7O16S2. The molecule has 0 bridgehead atoms. The number of rotatable bonds is 12. The first-order valence-electron chi connectivity index (χ1n) is 14.8. The van der Waals surface area contributed by atoms with Gasteiger partial charge in [0, 0.05) is 24.3 Å². The average Bonchev–Trinajstić information content (AvgIpc) is 3.11. The van der Waals surface area contributed by atoms with Crippen molar-refractivity contribution in [2.45, 2.75) is 9.79 Å². The van der Waals surface area contributed by atoms with Crippen LogP contribution in [0.1, 0.15) is 20.7 Å². The SMILES string of the molecule is COc1cc(N=Nc2c(S(=O)(=O)O)cc3cc(S(=O)(=O)O)cc(O)c3c2O)c(OC)cc1N=Nc1ccc(N=Nc2c(C(=O)O)cc(O)nc2O)cc1C(=O)O. The number of ether oxygens (including phenoxy) is 2. The maximum Gasteiger partial charge on any atom is 0.338 e. The van der Waals surface area contributed by atoms with Crippen LogP contribution in [0.25, 0.3) is 10.8 Å². The second-order valence-electron chi connectivity index (χ2n) is 10.9. The largest absolute Gasteiger partial charge is 0.507 e. The van der Waals surface area contributed by atoms with Crippen LogP contribution in [0.5, 0.6) is 34.8 Å². The summed E-state index contributed by atoms with van der Waals surface area (Å²) in [6, 6.07) is 8.46. The fourth-order valence-electron chi connectivity index (χ4n) is 4.84. The number of aromatic hydroxyl groups is 4. The first-order valence-corrected chi connectivity index (χ1v) is 17.6. The molecule has 1 heterocycles. The maximum atomic E-state index is 12.3. The van der Waals surface area contributed by atoms with Crippen LogP contribution < -0.4 is 9.47 Å². The third-order valence-corrected chi connectivity index (χ3v) is 9.05. The predicted octanol–water partition coefficient (Wildman–Crippen LogP) is 6.21. The molecule has 0 unspecified atom stereocenters. The highest BCUT2D eigenvalue weighted by Crippen LogP contribution is 2.47. The Morgan fingerprint density at radius 1 is 0.643 bits per heavy atom. The normalized spacial score (nSPS) is 12.2. The molecule has 0 aliphatic rings. The number of methoxy groups -OCH3 is 2. The molecule has 0 fully saturated rings. The molecule has 0 amide bonds. The Morgan fingerprint density at radius 2 is 1.21 bits per heavy atom. The number of azo groups is 3. The summed E-state index contributed by atoms with van der Waals surface area (Å²) < 4.78 is 77.7. The average molecular weight is 814 g/mol. The van der Waals surface area contributed by atoms with Crippen LogP contribution in [-0.2, 0) is 20.2 Å². The van der Waals surface area contributed by atoms with Gasteiger partial charge in [-0.05, 0) is 35.7 Å². The zero-order valence-electron chi connectivity index (χ0n) is 28.0. The highest BCUT2D eigenvalue weighted by Gasteiger charge is 2.26. The summed E-state index contributed by atoms with van der Waals surface area (Å²) in [6.45, 7) is 0. The molecule has 0 aliphatic heterocycles. The second-order valence-corrected chi connectivity index (χ2v) is 13.7. The first kappa shape index (κ1) is 39.8. The van der Waals surface area contributed by atoms with Crippen LogP contribution >= 0.6 is 0 Å². The number of aromatic nitrogens is 1. The molecule has 4 aromatic carbocycles. The zero-order valence-corrected chi connectivity index (χ0v) is 29.6. The van der Waals surface area contributed by atoms with Gasteiger partial charge >= 0.3 is 11.9 Å². The molecule has 290 valence electrons. The molecule has 5 aromatic rings. The van der Waals surface area contributed by atoms with Crippen molar-refractivity contribution in [2.75, 3.05) is 14.2 Å². The third-order valence-electron chi connectivity index (χ3n) is 7.35. The Balaban J connectivity index is 1.53.